The molecule has 1 aliphatic rings. The van der Waals surface area contributed by atoms with Crippen molar-refractivity contribution >= 4 is 0 Å². The summed E-state index contributed by atoms with van der Waals surface area (Å²) >= 11 is 0. The zero-order chi connectivity index (χ0) is 7.68. The van der Waals surface area contributed by atoms with E-state index in [-0.39, 0.29) is 0 Å². The highest BCUT2D eigenvalue weighted by Gasteiger charge is 2.23. The summed E-state index contributed by atoms with van der Waals surface area (Å²) in [6.45, 7) is 0. The molecule has 1 aliphatic carbocycles. The molecule has 0 amide bonds. The molecule has 0 N–H and O–H groups in total. The molecule has 1 radical (unpaired) electrons. The minimum Gasteiger partial charge on any atom is -0.115 e. The predicted octanol–water partition coefficient (Wildman–Crippen LogP) is 2.35. The predicted molar refractivity (Wildman–Crippen MR) is 45.2 cm³/mol. The smallest absolute Gasteiger partial charge is 0.0251 e. The lowest BCUT2D eigenvalue weighted by atomic mass is 10.1. The fraction of sp³-hybridized carbons (Fsp3) is 0.273. The van der Waals surface area contributed by atoms with Crippen LogP contribution < -0.4 is 0 Å². The Hall–Kier alpha value is -1.22. The Morgan fingerprint density at radius 2 is 2.27 bits per heavy atom. The third-order valence-electron chi connectivity index (χ3n) is 2.03. The summed E-state index contributed by atoms with van der Waals surface area (Å²) in [7, 11) is 0. The van der Waals surface area contributed by atoms with Gasteiger partial charge in [-0.1, -0.05) is 12.0 Å². The Kier molecular flexibility index (Phi) is 1.43. The third kappa shape index (κ3) is 1.28. The molecule has 0 spiro atoms. The molecular formula is C11H9. The van der Waals surface area contributed by atoms with Crippen LogP contribution in [0.4, 0.5) is 0 Å². The van der Waals surface area contributed by atoms with E-state index in [1.54, 1.807) is 0 Å². The quantitative estimate of drug-likeness (QED) is 0.526. The summed E-state index contributed by atoms with van der Waals surface area (Å²) in [5.74, 6) is 3.40. The molecule has 0 saturated heterocycles. The van der Waals surface area contributed by atoms with Gasteiger partial charge in [0.25, 0.3) is 0 Å². The van der Waals surface area contributed by atoms with Gasteiger partial charge in [-0.2, -0.15) is 0 Å². The van der Waals surface area contributed by atoms with Crippen molar-refractivity contribution in [2.45, 2.75) is 18.8 Å². The standard InChI is InChI=1S/C11H9/c1-2-9-4-3-5-11(8-9)10-6-7-10/h1,4-5,8,10H,6-7H2. The topological polar surface area (TPSA) is 0 Å². The average Bonchev–Trinajstić information content (AvgIpc) is 2.87. The van der Waals surface area contributed by atoms with Crippen LogP contribution in [0, 0.1) is 18.4 Å². The maximum Gasteiger partial charge on any atom is 0.0251 e. The van der Waals surface area contributed by atoms with Crippen molar-refractivity contribution in [2.75, 3.05) is 0 Å². The largest absolute Gasteiger partial charge is 0.115 e. The molecule has 0 nitrogen and oxygen atoms in total. The fourth-order valence-electron chi connectivity index (χ4n) is 1.23. The molecule has 0 unspecified atom stereocenters. The zero-order valence-electron chi connectivity index (χ0n) is 6.30. The summed E-state index contributed by atoms with van der Waals surface area (Å²) < 4.78 is 0. The molecule has 1 aromatic rings. The van der Waals surface area contributed by atoms with Crippen molar-refractivity contribution in [3.8, 4) is 12.3 Å². The molecule has 53 valence electrons. The molecule has 1 fully saturated rings. The number of rotatable bonds is 1. The number of hydrogen-bond acceptors (Lipinski definition) is 0. The number of hydrogen-bond donors (Lipinski definition) is 0. The first-order chi connectivity index (χ1) is 5.40. The number of benzene rings is 1. The van der Waals surface area contributed by atoms with Crippen LogP contribution >= 0.6 is 0 Å². The van der Waals surface area contributed by atoms with E-state index in [0.717, 1.165) is 11.5 Å². The highest BCUT2D eigenvalue weighted by atomic mass is 14.3. The molecule has 2 rings (SSSR count). The Morgan fingerprint density at radius 3 is 2.91 bits per heavy atom. The van der Waals surface area contributed by atoms with Crippen LogP contribution in [0.15, 0.2) is 18.2 Å². The first kappa shape index (κ1) is 6.49. The normalized spacial score (nSPS) is 15.9. The van der Waals surface area contributed by atoms with Crippen molar-refractivity contribution in [3.05, 3.63) is 35.4 Å². The van der Waals surface area contributed by atoms with Crippen LogP contribution in [0.2, 0.25) is 0 Å². The van der Waals surface area contributed by atoms with Gasteiger partial charge in [0.1, 0.15) is 0 Å². The van der Waals surface area contributed by atoms with Gasteiger partial charge >= 0.3 is 0 Å². The van der Waals surface area contributed by atoms with Crippen LogP contribution in [0.5, 0.6) is 0 Å². The lowest BCUT2D eigenvalue weighted by Crippen LogP contribution is -1.80. The van der Waals surface area contributed by atoms with E-state index in [2.05, 4.69) is 18.1 Å². The molecule has 0 atom stereocenters. The monoisotopic (exact) mass is 141 g/mol. The van der Waals surface area contributed by atoms with E-state index < -0.39 is 0 Å². The van der Waals surface area contributed by atoms with Gasteiger partial charge in [-0.15, -0.1) is 6.42 Å². The van der Waals surface area contributed by atoms with Crippen LogP contribution in [0.25, 0.3) is 0 Å². The van der Waals surface area contributed by atoms with Crippen LogP contribution in [0.1, 0.15) is 29.9 Å². The molecular weight excluding hydrogens is 132 g/mol. The molecule has 0 aromatic heterocycles. The van der Waals surface area contributed by atoms with Gasteiger partial charge in [-0.3, -0.25) is 0 Å². The summed E-state index contributed by atoms with van der Waals surface area (Å²) in [6.07, 6.45) is 7.91. The Labute approximate surface area is 67.2 Å². The first-order valence-corrected chi connectivity index (χ1v) is 3.88. The summed E-state index contributed by atoms with van der Waals surface area (Å²) in [6, 6.07) is 9.04. The first-order valence-electron chi connectivity index (χ1n) is 3.88. The van der Waals surface area contributed by atoms with Gasteiger partial charge in [0.05, 0.1) is 0 Å². The molecule has 0 heteroatoms. The summed E-state index contributed by atoms with van der Waals surface area (Å²) in [4.78, 5) is 0. The summed E-state index contributed by atoms with van der Waals surface area (Å²) in [5.41, 5.74) is 2.31. The van der Waals surface area contributed by atoms with E-state index in [1.165, 1.54) is 18.4 Å². The second-order valence-corrected chi connectivity index (χ2v) is 2.97. The summed E-state index contributed by atoms with van der Waals surface area (Å²) in [5, 5.41) is 0. The highest BCUT2D eigenvalue weighted by Crippen LogP contribution is 2.39. The Morgan fingerprint density at radius 1 is 1.45 bits per heavy atom. The van der Waals surface area contributed by atoms with E-state index in [9.17, 15) is 0 Å². The number of terminal acetylenes is 1. The molecule has 11 heavy (non-hydrogen) atoms. The van der Waals surface area contributed by atoms with Crippen LogP contribution in [-0.2, 0) is 0 Å². The Balaban J connectivity index is 2.35. The lowest BCUT2D eigenvalue weighted by molar-refractivity contribution is 1.13. The van der Waals surface area contributed by atoms with Gasteiger partial charge in [0, 0.05) is 5.56 Å². The molecule has 1 aromatic carbocycles. The van der Waals surface area contributed by atoms with Gasteiger partial charge in [0.15, 0.2) is 0 Å². The SMILES string of the molecule is C#Cc1c[c]cc(C2CC2)c1. The van der Waals surface area contributed by atoms with Crippen molar-refractivity contribution < 1.29 is 0 Å². The molecule has 1 saturated carbocycles. The van der Waals surface area contributed by atoms with Gasteiger partial charge in [-0.05, 0) is 42.5 Å². The van der Waals surface area contributed by atoms with Crippen molar-refractivity contribution in [3.63, 3.8) is 0 Å². The highest BCUT2D eigenvalue weighted by molar-refractivity contribution is 5.37. The van der Waals surface area contributed by atoms with E-state index >= 15 is 0 Å². The third-order valence-corrected chi connectivity index (χ3v) is 2.03. The minimum atomic E-state index is 0.777. The Bertz CT molecular complexity index is 300. The maximum absolute atomic E-state index is 5.27. The van der Waals surface area contributed by atoms with Crippen molar-refractivity contribution in [1.29, 1.82) is 0 Å². The molecule has 0 heterocycles. The van der Waals surface area contributed by atoms with Crippen molar-refractivity contribution in [1.82, 2.24) is 0 Å². The maximum atomic E-state index is 5.27. The average molecular weight is 141 g/mol. The second kappa shape index (κ2) is 2.43. The van der Waals surface area contributed by atoms with E-state index in [4.69, 9.17) is 6.42 Å². The van der Waals surface area contributed by atoms with Crippen LogP contribution in [0.3, 0.4) is 0 Å². The minimum absolute atomic E-state index is 0.777. The van der Waals surface area contributed by atoms with E-state index in [1.807, 2.05) is 12.1 Å². The van der Waals surface area contributed by atoms with Gasteiger partial charge in [-0.25, -0.2) is 0 Å². The van der Waals surface area contributed by atoms with Crippen LogP contribution in [-0.4, -0.2) is 0 Å². The molecule has 0 bridgehead atoms. The second-order valence-electron chi connectivity index (χ2n) is 2.97. The lowest BCUT2D eigenvalue weighted by Gasteiger charge is -1.96. The van der Waals surface area contributed by atoms with Crippen molar-refractivity contribution in [2.24, 2.45) is 0 Å². The van der Waals surface area contributed by atoms with Gasteiger partial charge in [0.2, 0.25) is 0 Å². The zero-order valence-corrected chi connectivity index (χ0v) is 6.30. The molecule has 0 aliphatic heterocycles. The van der Waals surface area contributed by atoms with Gasteiger partial charge < -0.3 is 0 Å². The fourth-order valence-corrected chi connectivity index (χ4v) is 1.23. The van der Waals surface area contributed by atoms with E-state index in [0.29, 0.717) is 0 Å².